The Bertz CT molecular complexity index is 2730. The molecule has 10 rings (SSSR count). The molecule has 10 aromatic rings. The normalized spacial score (nSPS) is 11.6. The van der Waals surface area contributed by atoms with Crippen molar-refractivity contribution in [2.75, 3.05) is 0 Å². The minimum atomic E-state index is 1.14. The van der Waals surface area contributed by atoms with Gasteiger partial charge >= 0.3 is 0 Å². The van der Waals surface area contributed by atoms with Crippen molar-refractivity contribution in [2.24, 2.45) is 0 Å². The largest absolute Gasteiger partial charge is 0.309 e. The zero-order valence-corrected chi connectivity index (χ0v) is 27.4. The van der Waals surface area contributed by atoms with Gasteiger partial charge in [-0.2, -0.15) is 0 Å². The van der Waals surface area contributed by atoms with E-state index in [1.165, 1.54) is 77.0 Å². The number of aromatic nitrogens is 2. The molecule has 234 valence electrons. The van der Waals surface area contributed by atoms with Crippen LogP contribution in [0.5, 0.6) is 0 Å². The van der Waals surface area contributed by atoms with Crippen LogP contribution in [0.3, 0.4) is 0 Å². The van der Waals surface area contributed by atoms with Crippen LogP contribution in [0.25, 0.3) is 88.4 Å². The third-order valence-corrected chi connectivity index (χ3v) is 10.1. The third kappa shape index (κ3) is 4.57. The molecule has 0 aliphatic heterocycles. The second kappa shape index (κ2) is 11.5. The number of para-hydroxylation sites is 1. The summed E-state index contributed by atoms with van der Waals surface area (Å²) < 4.78 is 4.86. The molecule has 2 heterocycles. The van der Waals surface area contributed by atoms with Crippen molar-refractivity contribution in [2.45, 2.75) is 0 Å². The van der Waals surface area contributed by atoms with Crippen molar-refractivity contribution >= 4 is 43.6 Å². The van der Waals surface area contributed by atoms with Crippen LogP contribution in [0.1, 0.15) is 0 Å². The van der Waals surface area contributed by atoms with E-state index in [4.69, 9.17) is 0 Å². The van der Waals surface area contributed by atoms with Gasteiger partial charge < -0.3 is 9.13 Å². The number of rotatable bonds is 5. The SMILES string of the molecule is c1ccc(-c2ccc3c(c2)c2cc(-c4ccccc4)ccc2n3-c2ccc3c4cc(-c5ccccc5)ccc4n(-c4ccccc4)c3c2)cc1. The van der Waals surface area contributed by atoms with E-state index >= 15 is 0 Å². The Hall–Kier alpha value is -6.64. The highest BCUT2D eigenvalue weighted by molar-refractivity contribution is 6.13. The van der Waals surface area contributed by atoms with Gasteiger partial charge in [0.2, 0.25) is 0 Å². The lowest BCUT2D eigenvalue weighted by atomic mass is 10.0. The minimum absolute atomic E-state index is 1.14. The van der Waals surface area contributed by atoms with Gasteiger partial charge in [-0.1, -0.05) is 133 Å². The molecular formula is C48H32N2. The number of hydrogen-bond donors (Lipinski definition) is 0. The van der Waals surface area contributed by atoms with E-state index in [2.05, 4.69) is 203 Å². The lowest BCUT2D eigenvalue weighted by molar-refractivity contribution is 1.15. The predicted octanol–water partition coefficient (Wildman–Crippen LogP) is 12.9. The molecule has 2 nitrogen and oxygen atoms in total. The molecule has 0 saturated heterocycles. The Morgan fingerprint density at radius 3 is 1.04 bits per heavy atom. The molecule has 0 unspecified atom stereocenters. The summed E-state index contributed by atoms with van der Waals surface area (Å²) in [6, 6.07) is 70.4. The first kappa shape index (κ1) is 28.4. The Balaban J connectivity index is 1.24. The lowest BCUT2D eigenvalue weighted by Gasteiger charge is -2.12. The first-order chi connectivity index (χ1) is 24.8. The molecule has 0 spiro atoms. The second-order valence-electron chi connectivity index (χ2n) is 13.0. The molecule has 0 aliphatic carbocycles. The van der Waals surface area contributed by atoms with Gasteiger partial charge in [-0.25, -0.2) is 0 Å². The zero-order chi connectivity index (χ0) is 33.0. The minimum Gasteiger partial charge on any atom is -0.309 e. The molecule has 0 radical (unpaired) electrons. The Labute approximate surface area is 290 Å². The number of nitrogens with zero attached hydrogens (tertiary/aromatic N) is 2. The van der Waals surface area contributed by atoms with Crippen LogP contribution in [0.15, 0.2) is 194 Å². The molecular weight excluding hydrogens is 605 g/mol. The van der Waals surface area contributed by atoms with Crippen LogP contribution >= 0.6 is 0 Å². The highest BCUT2D eigenvalue weighted by Crippen LogP contribution is 2.40. The van der Waals surface area contributed by atoms with E-state index in [1.54, 1.807) is 0 Å². The second-order valence-corrected chi connectivity index (χ2v) is 13.0. The summed E-state index contributed by atoms with van der Waals surface area (Å²) in [6.45, 7) is 0. The average Bonchev–Trinajstić information content (AvgIpc) is 3.70. The van der Waals surface area contributed by atoms with E-state index in [0.29, 0.717) is 0 Å². The average molecular weight is 637 g/mol. The maximum Gasteiger partial charge on any atom is 0.0561 e. The van der Waals surface area contributed by atoms with E-state index < -0.39 is 0 Å². The first-order valence-corrected chi connectivity index (χ1v) is 17.2. The van der Waals surface area contributed by atoms with Crippen molar-refractivity contribution in [1.29, 1.82) is 0 Å². The number of benzene rings is 8. The van der Waals surface area contributed by atoms with E-state index in [0.717, 1.165) is 11.4 Å². The van der Waals surface area contributed by atoms with Crippen LogP contribution < -0.4 is 0 Å². The molecule has 0 bridgehead atoms. The Morgan fingerprint density at radius 1 is 0.220 bits per heavy atom. The summed E-state index contributed by atoms with van der Waals surface area (Å²) in [6.07, 6.45) is 0. The van der Waals surface area contributed by atoms with Gasteiger partial charge in [0, 0.05) is 32.9 Å². The van der Waals surface area contributed by atoms with E-state index in [1.807, 2.05) is 0 Å². The zero-order valence-electron chi connectivity index (χ0n) is 27.4. The lowest BCUT2D eigenvalue weighted by Crippen LogP contribution is -1.97. The summed E-state index contributed by atoms with van der Waals surface area (Å²) in [5.41, 5.74) is 14.4. The molecule has 0 atom stereocenters. The fourth-order valence-corrected chi connectivity index (χ4v) is 7.74. The molecule has 8 aromatic carbocycles. The maximum atomic E-state index is 2.44. The monoisotopic (exact) mass is 636 g/mol. The highest BCUT2D eigenvalue weighted by Gasteiger charge is 2.18. The van der Waals surface area contributed by atoms with Gasteiger partial charge in [-0.05, 0) is 94.0 Å². The molecule has 0 saturated carbocycles. The van der Waals surface area contributed by atoms with Gasteiger partial charge in [-0.15, -0.1) is 0 Å². The Kier molecular flexibility index (Phi) is 6.53. The smallest absolute Gasteiger partial charge is 0.0561 e. The van der Waals surface area contributed by atoms with Gasteiger partial charge in [0.1, 0.15) is 0 Å². The van der Waals surface area contributed by atoms with Crippen molar-refractivity contribution in [3.8, 4) is 44.8 Å². The van der Waals surface area contributed by atoms with Gasteiger partial charge in [0.15, 0.2) is 0 Å². The molecule has 0 amide bonds. The maximum absolute atomic E-state index is 2.44. The van der Waals surface area contributed by atoms with Crippen LogP contribution in [-0.2, 0) is 0 Å². The van der Waals surface area contributed by atoms with Crippen LogP contribution in [0, 0.1) is 0 Å². The quantitative estimate of drug-likeness (QED) is 0.178. The van der Waals surface area contributed by atoms with Crippen molar-refractivity contribution < 1.29 is 0 Å². The molecule has 50 heavy (non-hydrogen) atoms. The summed E-state index contributed by atoms with van der Waals surface area (Å²) in [4.78, 5) is 0. The molecule has 0 N–H and O–H groups in total. The van der Waals surface area contributed by atoms with Crippen molar-refractivity contribution in [1.82, 2.24) is 9.13 Å². The third-order valence-electron chi connectivity index (χ3n) is 10.1. The fraction of sp³-hybridized carbons (Fsp3) is 0. The van der Waals surface area contributed by atoms with Crippen molar-refractivity contribution in [3.05, 3.63) is 194 Å². The summed E-state index contributed by atoms with van der Waals surface area (Å²) in [5, 5.41) is 4.98. The van der Waals surface area contributed by atoms with Crippen LogP contribution in [0.4, 0.5) is 0 Å². The number of fused-ring (bicyclic) bond motifs is 6. The van der Waals surface area contributed by atoms with Gasteiger partial charge in [0.05, 0.1) is 22.1 Å². The topological polar surface area (TPSA) is 9.86 Å². The molecule has 2 aromatic heterocycles. The van der Waals surface area contributed by atoms with Crippen LogP contribution in [-0.4, -0.2) is 9.13 Å². The van der Waals surface area contributed by atoms with Gasteiger partial charge in [0.25, 0.3) is 0 Å². The Morgan fingerprint density at radius 2 is 0.600 bits per heavy atom. The first-order valence-electron chi connectivity index (χ1n) is 17.2. The van der Waals surface area contributed by atoms with Gasteiger partial charge in [-0.3, -0.25) is 0 Å². The van der Waals surface area contributed by atoms with E-state index in [9.17, 15) is 0 Å². The highest BCUT2D eigenvalue weighted by atomic mass is 15.0. The fourth-order valence-electron chi connectivity index (χ4n) is 7.74. The standard InChI is InChI=1S/C48H32N2/c1-5-13-33(14-6-1)36-21-26-45-42(29-36)41-25-24-40(32-48(41)49(45)39-19-11-4-12-20-39)50-46-27-22-37(34-15-7-2-8-16-34)30-43(46)44-31-38(23-28-47(44)50)35-17-9-3-10-18-35/h1-32H. The molecule has 0 fully saturated rings. The molecule has 2 heteroatoms. The summed E-state index contributed by atoms with van der Waals surface area (Å²) in [7, 11) is 0. The summed E-state index contributed by atoms with van der Waals surface area (Å²) in [5.74, 6) is 0. The molecule has 0 aliphatic rings. The summed E-state index contributed by atoms with van der Waals surface area (Å²) >= 11 is 0. The van der Waals surface area contributed by atoms with Crippen molar-refractivity contribution in [3.63, 3.8) is 0 Å². The number of hydrogen-bond acceptors (Lipinski definition) is 0. The van der Waals surface area contributed by atoms with Crippen LogP contribution in [0.2, 0.25) is 0 Å². The predicted molar refractivity (Wildman–Crippen MR) is 211 cm³/mol. The van der Waals surface area contributed by atoms with E-state index in [-0.39, 0.29) is 0 Å².